The summed E-state index contributed by atoms with van der Waals surface area (Å²) in [6.45, 7) is 3.11. The van der Waals surface area contributed by atoms with Crippen molar-refractivity contribution in [3.63, 3.8) is 0 Å². The number of β-amino-alcohol motifs (C(OH)–C–C–N with tert-alkyl or cyclic N) is 1. The molecule has 0 saturated carbocycles. The summed E-state index contributed by atoms with van der Waals surface area (Å²) in [6.07, 6.45) is 4.65. The van der Waals surface area contributed by atoms with Gasteiger partial charge in [-0.15, -0.1) is 0 Å². The SMILES string of the molecule is OC1(c2ccccc2)CCN(Cc2nccn2Cc2ccccc2)C1. The Balaban J connectivity index is 1.45. The molecule has 2 aromatic carbocycles. The van der Waals surface area contributed by atoms with Crippen LogP contribution in [0.4, 0.5) is 0 Å². The lowest BCUT2D eigenvalue weighted by Crippen LogP contribution is -2.31. The van der Waals surface area contributed by atoms with Crippen LogP contribution in [-0.4, -0.2) is 32.6 Å². The predicted octanol–water partition coefficient (Wildman–Crippen LogP) is 3.02. The second-order valence-electron chi connectivity index (χ2n) is 6.82. The summed E-state index contributed by atoms with van der Waals surface area (Å²) < 4.78 is 2.19. The number of imidazole rings is 1. The zero-order valence-corrected chi connectivity index (χ0v) is 14.3. The van der Waals surface area contributed by atoms with E-state index in [9.17, 15) is 5.11 Å². The summed E-state index contributed by atoms with van der Waals surface area (Å²) in [4.78, 5) is 6.82. The van der Waals surface area contributed by atoms with Crippen molar-refractivity contribution in [2.45, 2.75) is 25.1 Å². The van der Waals surface area contributed by atoms with Crippen molar-refractivity contribution >= 4 is 0 Å². The fourth-order valence-electron chi connectivity index (χ4n) is 3.61. The average molecular weight is 333 g/mol. The van der Waals surface area contributed by atoms with E-state index in [2.05, 4.69) is 38.7 Å². The van der Waals surface area contributed by atoms with E-state index >= 15 is 0 Å². The zero-order chi connectivity index (χ0) is 17.1. The molecular formula is C21H23N3O. The lowest BCUT2D eigenvalue weighted by atomic mass is 9.93. The zero-order valence-electron chi connectivity index (χ0n) is 14.3. The van der Waals surface area contributed by atoms with Gasteiger partial charge < -0.3 is 9.67 Å². The first-order valence-electron chi connectivity index (χ1n) is 8.77. The third-order valence-electron chi connectivity index (χ3n) is 5.00. The quantitative estimate of drug-likeness (QED) is 0.780. The molecule has 0 spiro atoms. The monoisotopic (exact) mass is 333 g/mol. The van der Waals surface area contributed by atoms with E-state index < -0.39 is 5.60 Å². The summed E-state index contributed by atoms with van der Waals surface area (Å²) >= 11 is 0. The molecule has 1 atom stereocenters. The standard InChI is InChI=1S/C21H23N3O/c25-21(19-9-5-2-6-10-19)11-13-23(17-21)16-20-22-12-14-24(20)15-18-7-3-1-4-8-18/h1-10,12,14,25H,11,13,15-17H2. The van der Waals surface area contributed by atoms with Gasteiger partial charge in [-0.05, 0) is 17.5 Å². The molecule has 1 N–H and O–H groups in total. The van der Waals surface area contributed by atoms with E-state index in [1.54, 1.807) is 0 Å². The Bertz CT molecular complexity index is 815. The number of nitrogens with zero attached hydrogens (tertiary/aromatic N) is 3. The third-order valence-corrected chi connectivity index (χ3v) is 5.00. The molecule has 1 aliphatic heterocycles. The Morgan fingerprint density at radius 1 is 0.960 bits per heavy atom. The summed E-state index contributed by atoms with van der Waals surface area (Å²) in [5.41, 5.74) is 1.52. The van der Waals surface area contributed by atoms with Crippen molar-refractivity contribution in [3.8, 4) is 0 Å². The molecule has 0 aliphatic carbocycles. The summed E-state index contributed by atoms with van der Waals surface area (Å²) in [5, 5.41) is 11.0. The Hall–Kier alpha value is -2.43. The highest BCUT2D eigenvalue weighted by Crippen LogP contribution is 2.32. The summed E-state index contributed by atoms with van der Waals surface area (Å²) in [6, 6.07) is 20.4. The average Bonchev–Trinajstić information content (AvgIpc) is 3.25. The van der Waals surface area contributed by atoms with Gasteiger partial charge in [0.25, 0.3) is 0 Å². The van der Waals surface area contributed by atoms with Crippen molar-refractivity contribution in [1.82, 2.24) is 14.5 Å². The molecule has 3 aromatic rings. The molecule has 1 fully saturated rings. The van der Waals surface area contributed by atoms with Crippen molar-refractivity contribution in [1.29, 1.82) is 0 Å². The number of benzene rings is 2. The lowest BCUT2D eigenvalue weighted by molar-refractivity contribution is 0.0449. The second-order valence-corrected chi connectivity index (χ2v) is 6.82. The van der Waals surface area contributed by atoms with E-state index in [4.69, 9.17) is 0 Å². The van der Waals surface area contributed by atoms with Crippen molar-refractivity contribution in [2.75, 3.05) is 13.1 Å². The maximum atomic E-state index is 11.0. The fraction of sp³-hybridized carbons (Fsp3) is 0.286. The summed E-state index contributed by atoms with van der Waals surface area (Å²) in [7, 11) is 0. The van der Waals surface area contributed by atoms with Crippen LogP contribution < -0.4 is 0 Å². The molecular weight excluding hydrogens is 310 g/mol. The second kappa shape index (κ2) is 6.82. The molecule has 0 amide bonds. The summed E-state index contributed by atoms with van der Waals surface area (Å²) in [5.74, 6) is 1.04. The van der Waals surface area contributed by atoms with E-state index in [1.807, 2.05) is 48.8 Å². The molecule has 1 saturated heterocycles. The molecule has 0 bridgehead atoms. The van der Waals surface area contributed by atoms with Gasteiger partial charge in [-0.3, -0.25) is 4.90 Å². The van der Waals surface area contributed by atoms with Gasteiger partial charge in [0, 0.05) is 32.0 Å². The molecule has 4 rings (SSSR count). The number of hydrogen-bond acceptors (Lipinski definition) is 3. The van der Waals surface area contributed by atoms with Gasteiger partial charge in [-0.1, -0.05) is 60.7 Å². The normalized spacial score (nSPS) is 20.8. The van der Waals surface area contributed by atoms with Gasteiger partial charge >= 0.3 is 0 Å². The van der Waals surface area contributed by atoms with Crippen LogP contribution in [0.15, 0.2) is 73.1 Å². The van der Waals surface area contributed by atoms with Crippen molar-refractivity contribution in [2.24, 2.45) is 0 Å². The van der Waals surface area contributed by atoms with Crippen LogP contribution in [0.1, 0.15) is 23.4 Å². The van der Waals surface area contributed by atoms with E-state index in [0.717, 1.165) is 37.4 Å². The Morgan fingerprint density at radius 3 is 2.44 bits per heavy atom. The molecule has 1 aromatic heterocycles. The number of hydrogen-bond donors (Lipinski definition) is 1. The van der Waals surface area contributed by atoms with Gasteiger partial charge in [0.05, 0.1) is 6.54 Å². The van der Waals surface area contributed by atoms with Crippen LogP contribution in [0.5, 0.6) is 0 Å². The van der Waals surface area contributed by atoms with Crippen LogP contribution in [0.2, 0.25) is 0 Å². The molecule has 128 valence electrons. The van der Waals surface area contributed by atoms with Crippen LogP contribution in [0.25, 0.3) is 0 Å². The molecule has 4 nitrogen and oxygen atoms in total. The molecule has 1 unspecified atom stereocenters. The Labute approximate surface area is 148 Å². The Morgan fingerprint density at radius 2 is 1.68 bits per heavy atom. The van der Waals surface area contributed by atoms with Gasteiger partial charge in [-0.25, -0.2) is 4.98 Å². The number of aliphatic hydroxyl groups is 1. The third kappa shape index (κ3) is 3.50. The molecule has 25 heavy (non-hydrogen) atoms. The number of aromatic nitrogens is 2. The van der Waals surface area contributed by atoms with Crippen LogP contribution >= 0.6 is 0 Å². The predicted molar refractivity (Wildman–Crippen MR) is 98.0 cm³/mol. The van der Waals surface area contributed by atoms with Gasteiger partial charge in [0.2, 0.25) is 0 Å². The maximum absolute atomic E-state index is 11.0. The highest BCUT2D eigenvalue weighted by Gasteiger charge is 2.37. The van der Waals surface area contributed by atoms with E-state index in [-0.39, 0.29) is 0 Å². The topological polar surface area (TPSA) is 41.3 Å². The minimum atomic E-state index is -0.752. The smallest absolute Gasteiger partial charge is 0.123 e. The molecule has 0 radical (unpaired) electrons. The fourth-order valence-corrected chi connectivity index (χ4v) is 3.61. The van der Waals surface area contributed by atoms with Gasteiger partial charge in [0.15, 0.2) is 0 Å². The molecule has 2 heterocycles. The molecule has 4 heteroatoms. The number of likely N-dealkylation sites (tertiary alicyclic amines) is 1. The first-order chi connectivity index (χ1) is 12.2. The van der Waals surface area contributed by atoms with Crippen molar-refractivity contribution in [3.05, 3.63) is 90.0 Å². The van der Waals surface area contributed by atoms with Crippen molar-refractivity contribution < 1.29 is 5.11 Å². The highest BCUT2D eigenvalue weighted by molar-refractivity contribution is 5.24. The van der Waals surface area contributed by atoms with E-state index in [0.29, 0.717) is 6.54 Å². The lowest BCUT2D eigenvalue weighted by Gasteiger charge is -2.24. The first kappa shape index (κ1) is 16.1. The maximum Gasteiger partial charge on any atom is 0.123 e. The highest BCUT2D eigenvalue weighted by atomic mass is 16.3. The van der Waals surface area contributed by atoms with Gasteiger partial charge in [0.1, 0.15) is 11.4 Å². The van der Waals surface area contributed by atoms with Crippen LogP contribution in [0.3, 0.4) is 0 Å². The van der Waals surface area contributed by atoms with E-state index in [1.165, 1.54) is 5.56 Å². The Kier molecular flexibility index (Phi) is 4.38. The minimum Gasteiger partial charge on any atom is -0.384 e. The van der Waals surface area contributed by atoms with Crippen LogP contribution in [0, 0.1) is 0 Å². The van der Waals surface area contributed by atoms with Gasteiger partial charge in [-0.2, -0.15) is 0 Å². The largest absolute Gasteiger partial charge is 0.384 e. The molecule has 1 aliphatic rings. The first-order valence-corrected chi connectivity index (χ1v) is 8.77. The van der Waals surface area contributed by atoms with Crippen LogP contribution in [-0.2, 0) is 18.7 Å². The minimum absolute atomic E-state index is 0.648. The number of rotatable bonds is 5.